The van der Waals surface area contributed by atoms with Gasteiger partial charge in [-0.15, -0.1) is 12.4 Å². The lowest BCUT2D eigenvalue weighted by Crippen LogP contribution is -2.47. The van der Waals surface area contributed by atoms with E-state index in [9.17, 15) is 4.79 Å². The van der Waals surface area contributed by atoms with E-state index in [1.54, 1.807) is 7.11 Å². The lowest BCUT2D eigenvalue weighted by Gasteiger charge is -2.37. The van der Waals surface area contributed by atoms with Crippen LogP contribution in [0.4, 0.5) is 0 Å². The molecule has 4 nitrogen and oxygen atoms in total. The van der Waals surface area contributed by atoms with Crippen LogP contribution in [0.2, 0.25) is 0 Å². The molecule has 2 saturated carbocycles. The Labute approximate surface area is 127 Å². The first-order chi connectivity index (χ1) is 9.24. The summed E-state index contributed by atoms with van der Waals surface area (Å²) in [6.07, 6.45) is 6.03. The number of rotatable bonds is 6. The largest absolute Gasteiger partial charge is 0.384 e. The number of halogens is 1. The Balaban J connectivity index is 0.00000147. The molecule has 20 heavy (non-hydrogen) atoms. The lowest BCUT2D eigenvalue weighted by atomic mass is 9.79. The van der Waals surface area contributed by atoms with Gasteiger partial charge < -0.3 is 15.4 Å². The number of ether oxygens (including phenoxy) is 1. The number of hydrogen-bond donors (Lipinski definition) is 2. The second kappa shape index (κ2) is 6.63. The van der Waals surface area contributed by atoms with Crippen LogP contribution >= 0.6 is 12.4 Å². The fourth-order valence-corrected chi connectivity index (χ4v) is 3.60. The molecule has 0 bridgehead atoms. The summed E-state index contributed by atoms with van der Waals surface area (Å²) in [5.74, 6) is 2.22. The van der Waals surface area contributed by atoms with Crippen LogP contribution in [0.5, 0.6) is 0 Å². The molecule has 0 aromatic heterocycles. The molecular weight excluding hydrogens is 276 g/mol. The lowest BCUT2D eigenvalue weighted by molar-refractivity contribution is -0.123. The van der Waals surface area contributed by atoms with Crippen molar-refractivity contribution in [1.29, 1.82) is 0 Å². The van der Waals surface area contributed by atoms with Gasteiger partial charge in [0, 0.05) is 25.0 Å². The second-order valence-electron chi connectivity index (χ2n) is 6.74. The third-order valence-corrected chi connectivity index (χ3v) is 5.16. The normalized spacial score (nSPS) is 31.2. The van der Waals surface area contributed by atoms with E-state index in [-0.39, 0.29) is 17.8 Å². The summed E-state index contributed by atoms with van der Waals surface area (Å²) >= 11 is 0. The van der Waals surface area contributed by atoms with Crippen molar-refractivity contribution in [3.8, 4) is 0 Å². The maximum absolute atomic E-state index is 12.2. The van der Waals surface area contributed by atoms with Crippen LogP contribution in [-0.4, -0.2) is 39.3 Å². The molecule has 0 radical (unpaired) electrons. The average molecular weight is 303 g/mol. The first-order valence-electron chi connectivity index (χ1n) is 7.71. The van der Waals surface area contributed by atoms with Crippen LogP contribution in [0, 0.1) is 23.2 Å². The zero-order valence-electron chi connectivity index (χ0n) is 12.3. The molecule has 3 fully saturated rings. The molecule has 1 aliphatic heterocycles. The van der Waals surface area contributed by atoms with Crippen molar-refractivity contribution < 1.29 is 9.53 Å². The van der Waals surface area contributed by atoms with Gasteiger partial charge in [0.15, 0.2) is 0 Å². The molecule has 3 aliphatic rings. The molecule has 1 saturated heterocycles. The molecule has 1 amide bonds. The first kappa shape index (κ1) is 16.1. The van der Waals surface area contributed by atoms with Gasteiger partial charge in [-0.2, -0.15) is 0 Å². The van der Waals surface area contributed by atoms with Gasteiger partial charge in [0.2, 0.25) is 5.91 Å². The maximum atomic E-state index is 12.2. The summed E-state index contributed by atoms with van der Waals surface area (Å²) in [6, 6.07) is 0. The fraction of sp³-hybridized carbons (Fsp3) is 0.933. The van der Waals surface area contributed by atoms with E-state index in [0.29, 0.717) is 17.7 Å². The first-order valence-corrected chi connectivity index (χ1v) is 7.71. The molecule has 5 heteroatoms. The van der Waals surface area contributed by atoms with Crippen molar-refractivity contribution in [3.05, 3.63) is 0 Å². The minimum Gasteiger partial charge on any atom is -0.384 e. The zero-order valence-corrected chi connectivity index (χ0v) is 13.1. The molecule has 0 aromatic rings. The van der Waals surface area contributed by atoms with E-state index in [0.717, 1.165) is 51.4 Å². The third-order valence-electron chi connectivity index (χ3n) is 5.16. The van der Waals surface area contributed by atoms with E-state index in [1.165, 1.54) is 12.8 Å². The summed E-state index contributed by atoms with van der Waals surface area (Å²) in [4.78, 5) is 12.2. The molecule has 0 spiro atoms. The standard InChI is InChI=1S/C15H26N2O2.ClH/c1-19-10-15(4-6-16-7-5-15)9-17-14(18)13-8-12(13)11-2-3-11;/h11-13,16H,2-10H2,1H3,(H,17,18);1H. The highest BCUT2D eigenvalue weighted by Gasteiger charge is 2.51. The maximum Gasteiger partial charge on any atom is 0.223 e. The smallest absolute Gasteiger partial charge is 0.223 e. The number of hydrogen-bond acceptors (Lipinski definition) is 3. The third kappa shape index (κ3) is 3.66. The van der Waals surface area contributed by atoms with Gasteiger partial charge in [-0.1, -0.05) is 0 Å². The Morgan fingerprint density at radius 3 is 2.65 bits per heavy atom. The van der Waals surface area contributed by atoms with Crippen molar-refractivity contribution in [3.63, 3.8) is 0 Å². The van der Waals surface area contributed by atoms with Crippen molar-refractivity contribution in [2.45, 2.75) is 32.1 Å². The molecule has 2 aliphatic carbocycles. The van der Waals surface area contributed by atoms with Gasteiger partial charge in [0.05, 0.1) is 6.61 Å². The number of nitrogens with one attached hydrogen (secondary N) is 2. The molecule has 2 atom stereocenters. The Morgan fingerprint density at radius 1 is 1.35 bits per heavy atom. The Bertz CT molecular complexity index is 335. The zero-order chi connectivity index (χ0) is 13.3. The van der Waals surface area contributed by atoms with E-state index >= 15 is 0 Å². The van der Waals surface area contributed by atoms with Crippen molar-refractivity contribution in [2.75, 3.05) is 33.4 Å². The van der Waals surface area contributed by atoms with Crippen molar-refractivity contribution >= 4 is 18.3 Å². The Hall–Kier alpha value is -0.320. The number of carbonyl (C=O) groups is 1. The van der Waals surface area contributed by atoms with Crippen LogP contribution in [-0.2, 0) is 9.53 Å². The fourth-order valence-electron chi connectivity index (χ4n) is 3.60. The van der Waals surface area contributed by atoms with Crippen LogP contribution < -0.4 is 10.6 Å². The van der Waals surface area contributed by atoms with Crippen LogP contribution in [0.3, 0.4) is 0 Å². The summed E-state index contributed by atoms with van der Waals surface area (Å²) in [6.45, 7) is 3.61. The Kier molecular flexibility index (Phi) is 5.32. The van der Waals surface area contributed by atoms with E-state index < -0.39 is 0 Å². The van der Waals surface area contributed by atoms with Crippen LogP contribution in [0.25, 0.3) is 0 Å². The molecule has 0 aromatic carbocycles. The molecule has 2 unspecified atom stereocenters. The summed E-state index contributed by atoms with van der Waals surface area (Å²) in [5.41, 5.74) is 0.152. The highest BCUT2D eigenvalue weighted by atomic mass is 35.5. The average Bonchev–Trinajstić information content (AvgIpc) is 3.29. The summed E-state index contributed by atoms with van der Waals surface area (Å²) in [7, 11) is 1.76. The SMILES string of the molecule is COCC1(CNC(=O)C2CC2C2CC2)CCNCC1.Cl. The molecule has 3 rings (SSSR count). The van der Waals surface area contributed by atoms with Crippen molar-refractivity contribution in [1.82, 2.24) is 10.6 Å². The van der Waals surface area contributed by atoms with Crippen molar-refractivity contribution in [2.24, 2.45) is 23.2 Å². The van der Waals surface area contributed by atoms with Gasteiger partial charge in [-0.25, -0.2) is 0 Å². The highest BCUT2D eigenvalue weighted by molar-refractivity contribution is 5.85. The highest BCUT2D eigenvalue weighted by Crippen LogP contribution is 2.54. The summed E-state index contributed by atoms with van der Waals surface area (Å²) < 4.78 is 5.38. The van der Waals surface area contributed by atoms with E-state index in [1.807, 2.05) is 0 Å². The van der Waals surface area contributed by atoms with Gasteiger partial charge in [0.25, 0.3) is 0 Å². The van der Waals surface area contributed by atoms with Gasteiger partial charge in [0.1, 0.15) is 0 Å². The predicted octanol–water partition coefficient (Wildman–Crippen LogP) is 1.59. The summed E-state index contributed by atoms with van der Waals surface area (Å²) in [5, 5.41) is 6.59. The van der Waals surface area contributed by atoms with Gasteiger partial charge in [-0.3, -0.25) is 4.79 Å². The number of carbonyl (C=O) groups excluding carboxylic acids is 1. The molecular formula is C15H27ClN2O2. The van der Waals surface area contributed by atoms with Crippen LogP contribution in [0.15, 0.2) is 0 Å². The monoisotopic (exact) mass is 302 g/mol. The topological polar surface area (TPSA) is 50.4 Å². The minimum atomic E-state index is 0. The number of amides is 1. The number of methoxy groups -OCH3 is 1. The minimum absolute atomic E-state index is 0. The Morgan fingerprint density at radius 2 is 2.05 bits per heavy atom. The van der Waals surface area contributed by atoms with Gasteiger partial charge in [-0.05, 0) is 57.0 Å². The van der Waals surface area contributed by atoms with Crippen LogP contribution in [0.1, 0.15) is 32.1 Å². The van der Waals surface area contributed by atoms with E-state index in [4.69, 9.17) is 4.74 Å². The molecule has 116 valence electrons. The number of piperidine rings is 1. The van der Waals surface area contributed by atoms with Gasteiger partial charge >= 0.3 is 0 Å². The second-order valence-corrected chi connectivity index (χ2v) is 6.74. The quantitative estimate of drug-likeness (QED) is 0.783. The predicted molar refractivity (Wildman–Crippen MR) is 81.0 cm³/mol. The van der Waals surface area contributed by atoms with E-state index in [2.05, 4.69) is 10.6 Å². The molecule has 2 N–H and O–H groups in total. The molecule has 1 heterocycles.